The summed E-state index contributed by atoms with van der Waals surface area (Å²) in [5.41, 5.74) is 8.15. The molecule has 5 nitrogen and oxygen atoms in total. The van der Waals surface area contributed by atoms with Crippen molar-refractivity contribution in [2.24, 2.45) is 5.73 Å². The molecule has 0 radical (unpaired) electrons. The molecule has 2 N–H and O–H groups in total. The van der Waals surface area contributed by atoms with E-state index in [1.807, 2.05) is 24.7 Å². The van der Waals surface area contributed by atoms with Crippen LogP contribution in [0.25, 0.3) is 11.3 Å². The predicted octanol–water partition coefficient (Wildman–Crippen LogP) is 2.23. The maximum absolute atomic E-state index is 5.98. The van der Waals surface area contributed by atoms with Gasteiger partial charge in [-0.05, 0) is 37.8 Å². The van der Waals surface area contributed by atoms with Crippen molar-refractivity contribution in [3.05, 3.63) is 37.1 Å². The SMILES string of the molecule is NC1CCC(OCCn2cncc2-c2ccncc2)CC1. The highest BCUT2D eigenvalue weighted by Crippen LogP contribution is 2.21. The molecule has 0 bridgehead atoms. The Morgan fingerprint density at radius 3 is 2.67 bits per heavy atom. The topological polar surface area (TPSA) is 66.0 Å². The predicted molar refractivity (Wildman–Crippen MR) is 81.6 cm³/mol. The Balaban J connectivity index is 1.53. The van der Waals surface area contributed by atoms with Crippen LogP contribution in [0.2, 0.25) is 0 Å². The summed E-state index contributed by atoms with van der Waals surface area (Å²) in [6.45, 7) is 1.54. The van der Waals surface area contributed by atoms with E-state index in [1.54, 1.807) is 12.4 Å². The van der Waals surface area contributed by atoms with Crippen LogP contribution < -0.4 is 5.73 Å². The first kappa shape index (κ1) is 14.2. The minimum atomic E-state index is 0.372. The second-order valence-corrected chi connectivity index (χ2v) is 5.62. The minimum Gasteiger partial charge on any atom is -0.376 e. The Bertz CT molecular complexity index is 546. The van der Waals surface area contributed by atoms with E-state index >= 15 is 0 Å². The summed E-state index contributed by atoms with van der Waals surface area (Å²) >= 11 is 0. The molecular formula is C16H22N4O. The van der Waals surface area contributed by atoms with Gasteiger partial charge in [-0.25, -0.2) is 4.98 Å². The van der Waals surface area contributed by atoms with E-state index in [0.29, 0.717) is 18.8 Å². The van der Waals surface area contributed by atoms with E-state index in [4.69, 9.17) is 10.5 Å². The van der Waals surface area contributed by atoms with Gasteiger partial charge < -0.3 is 15.0 Å². The van der Waals surface area contributed by atoms with E-state index in [9.17, 15) is 0 Å². The summed E-state index contributed by atoms with van der Waals surface area (Å²) in [4.78, 5) is 8.29. The summed E-state index contributed by atoms with van der Waals surface area (Å²) < 4.78 is 8.11. The summed E-state index contributed by atoms with van der Waals surface area (Å²) in [6.07, 6.45) is 12.0. The molecule has 3 rings (SSSR count). The average molecular weight is 286 g/mol. The van der Waals surface area contributed by atoms with Crippen molar-refractivity contribution >= 4 is 0 Å². The molecule has 2 heterocycles. The largest absolute Gasteiger partial charge is 0.376 e. The number of ether oxygens (including phenoxy) is 1. The first-order valence-corrected chi connectivity index (χ1v) is 7.60. The highest BCUT2D eigenvalue weighted by atomic mass is 16.5. The number of hydrogen-bond acceptors (Lipinski definition) is 4. The average Bonchev–Trinajstić information content (AvgIpc) is 2.99. The molecule has 0 spiro atoms. The van der Waals surface area contributed by atoms with E-state index in [2.05, 4.69) is 14.5 Å². The maximum Gasteiger partial charge on any atom is 0.0951 e. The van der Waals surface area contributed by atoms with Gasteiger partial charge in [-0.3, -0.25) is 4.98 Å². The summed E-state index contributed by atoms with van der Waals surface area (Å²) in [5, 5.41) is 0. The quantitative estimate of drug-likeness (QED) is 0.915. The lowest BCUT2D eigenvalue weighted by Gasteiger charge is -2.26. The number of nitrogens with two attached hydrogens (primary N) is 1. The lowest BCUT2D eigenvalue weighted by Crippen LogP contribution is -2.30. The molecule has 0 unspecified atom stereocenters. The summed E-state index contributed by atoms with van der Waals surface area (Å²) in [7, 11) is 0. The van der Waals surface area contributed by atoms with E-state index < -0.39 is 0 Å². The summed E-state index contributed by atoms with van der Waals surface area (Å²) in [6, 6.07) is 4.37. The Morgan fingerprint density at radius 1 is 1.14 bits per heavy atom. The standard InChI is InChI=1S/C16H22N4O/c17-14-1-3-15(4-2-14)21-10-9-20-12-19-11-16(20)13-5-7-18-8-6-13/h5-8,11-12,14-15H,1-4,9-10,17H2. The van der Waals surface area contributed by atoms with Gasteiger partial charge in [0.2, 0.25) is 0 Å². The van der Waals surface area contributed by atoms with Gasteiger partial charge in [0.05, 0.1) is 30.9 Å². The molecule has 1 fully saturated rings. The van der Waals surface area contributed by atoms with Crippen molar-refractivity contribution in [1.82, 2.24) is 14.5 Å². The number of pyridine rings is 1. The normalized spacial score (nSPS) is 22.3. The van der Waals surface area contributed by atoms with Crippen molar-refractivity contribution in [2.75, 3.05) is 6.61 Å². The molecule has 2 aromatic heterocycles. The molecule has 112 valence electrons. The van der Waals surface area contributed by atoms with Gasteiger partial charge in [-0.2, -0.15) is 0 Å². The number of nitrogens with zero attached hydrogens (tertiary/aromatic N) is 3. The fourth-order valence-corrected chi connectivity index (χ4v) is 2.83. The molecule has 1 aliphatic rings. The van der Waals surface area contributed by atoms with Crippen LogP contribution in [0.1, 0.15) is 25.7 Å². The van der Waals surface area contributed by atoms with Crippen LogP contribution >= 0.6 is 0 Å². The van der Waals surface area contributed by atoms with Gasteiger partial charge in [-0.15, -0.1) is 0 Å². The molecule has 2 aromatic rings. The highest BCUT2D eigenvalue weighted by Gasteiger charge is 2.18. The maximum atomic E-state index is 5.98. The molecule has 0 aliphatic heterocycles. The molecule has 0 aromatic carbocycles. The zero-order chi connectivity index (χ0) is 14.5. The Hall–Kier alpha value is -1.72. The second kappa shape index (κ2) is 6.83. The van der Waals surface area contributed by atoms with E-state index in [1.165, 1.54) is 0 Å². The molecule has 1 saturated carbocycles. The monoisotopic (exact) mass is 286 g/mol. The second-order valence-electron chi connectivity index (χ2n) is 5.62. The summed E-state index contributed by atoms with van der Waals surface area (Å²) in [5.74, 6) is 0. The minimum absolute atomic E-state index is 0.372. The molecule has 21 heavy (non-hydrogen) atoms. The third-order valence-electron chi connectivity index (χ3n) is 4.09. The van der Waals surface area contributed by atoms with Gasteiger partial charge in [0.25, 0.3) is 0 Å². The van der Waals surface area contributed by atoms with Crippen LogP contribution in [0, 0.1) is 0 Å². The number of rotatable bonds is 5. The molecule has 0 amide bonds. The lowest BCUT2D eigenvalue weighted by molar-refractivity contribution is 0.0211. The van der Waals surface area contributed by atoms with Gasteiger partial charge in [-0.1, -0.05) is 0 Å². The van der Waals surface area contributed by atoms with Crippen molar-refractivity contribution < 1.29 is 4.74 Å². The fourth-order valence-electron chi connectivity index (χ4n) is 2.83. The molecule has 0 saturated heterocycles. The molecule has 0 atom stereocenters. The third kappa shape index (κ3) is 3.68. The number of imidazole rings is 1. The van der Waals surface area contributed by atoms with Gasteiger partial charge in [0, 0.05) is 30.5 Å². The van der Waals surface area contributed by atoms with Crippen molar-refractivity contribution in [3.63, 3.8) is 0 Å². The third-order valence-corrected chi connectivity index (χ3v) is 4.09. The number of hydrogen-bond donors (Lipinski definition) is 1. The van der Waals surface area contributed by atoms with Gasteiger partial charge in [0.15, 0.2) is 0 Å². The highest BCUT2D eigenvalue weighted by molar-refractivity contribution is 5.57. The zero-order valence-corrected chi connectivity index (χ0v) is 12.2. The van der Waals surface area contributed by atoms with Gasteiger partial charge >= 0.3 is 0 Å². The zero-order valence-electron chi connectivity index (χ0n) is 12.2. The van der Waals surface area contributed by atoms with Crippen LogP contribution in [0.5, 0.6) is 0 Å². The first-order chi connectivity index (χ1) is 10.3. The van der Waals surface area contributed by atoms with Crippen LogP contribution in [-0.2, 0) is 11.3 Å². The van der Waals surface area contributed by atoms with Crippen molar-refractivity contribution in [1.29, 1.82) is 0 Å². The fraction of sp³-hybridized carbons (Fsp3) is 0.500. The van der Waals surface area contributed by atoms with Crippen LogP contribution in [0.15, 0.2) is 37.1 Å². The molecule has 5 heteroatoms. The first-order valence-electron chi connectivity index (χ1n) is 7.60. The lowest BCUT2D eigenvalue weighted by atomic mass is 9.94. The Morgan fingerprint density at radius 2 is 1.90 bits per heavy atom. The molecule has 1 aliphatic carbocycles. The van der Waals surface area contributed by atoms with E-state index in [0.717, 1.165) is 43.5 Å². The molecular weight excluding hydrogens is 264 g/mol. The van der Waals surface area contributed by atoms with Crippen LogP contribution in [0.3, 0.4) is 0 Å². The van der Waals surface area contributed by atoms with Crippen molar-refractivity contribution in [3.8, 4) is 11.3 Å². The van der Waals surface area contributed by atoms with Crippen LogP contribution in [0.4, 0.5) is 0 Å². The van der Waals surface area contributed by atoms with Gasteiger partial charge in [0.1, 0.15) is 0 Å². The van der Waals surface area contributed by atoms with E-state index in [-0.39, 0.29) is 0 Å². The van der Waals surface area contributed by atoms with Crippen molar-refractivity contribution in [2.45, 2.75) is 44.4 Å². The smallest absolute Gasteiger partial charge is 0.0951 e. The Kier molecular flexibility index (Phi) is 4.62. The Labute approximate surface area is 125 Å². The number of aromatic nitrogens is 3. The van der Waals surface area contributed by atoms with Crippen LogP contribution in [-0.4, -0.2) is 33.3 Å².